The minimum atomic E-state index is 0.596. The van der Waals surface area contributed by atoms with Gasteiger partial charge in [-0.05, 0) is 33.4 Å². The molecule has 0 aliphatic carbocycles. The van der Waals surface area contributed by atoms with Crippen LogP contribution in [0.4, 0.5) is 5.82 Å². The van der Waals surface area contributed by atoms with Crippen LogP contribution in [0.15, 0.2) is 6.33 Å². The van der Waals surface area contributed by atoms with E-state index in [0.29, 0.717) is 11.9 Å². The average Bonchev–Trinajstić information content (AvgIpc) is 2.39. The molecule has 0 aromatic carbocycles. The third-order valence-electron chi connectivity index (χ3n) is 3.66. The number of methoxy groups -OCH3 is 1. The zero-order valence-electron chi connectivity index (χ0n) is 11.4. The van der Waals surface area contributed by atoms with Crippen molar-refractivity contribution in [2.75, 3.05) is 32.6 Å². The first-order valence-electron chi connectivity index (χ1n) is 6.52. The summed E-state index contributed by atoms with van der Waals surface area (Å²) in [5, 5.41) is 3.42. The SMILES string of the molecule is COc1ncnc(NCC2CCCCN2C)c1C. The molecule has 2 rings (SSSR count). The van der Waals surface area contributed by atoms with Gasteiger partial charge in [0, 0.05) is 12.6 Å². The maximum Gasteiger partial charge on any atom is 0.221 e. The van der Waals surface area contributed by atoms with Gasteiger partial charge in [-0.15, -0.1) is 0 Å². The van der Waals surface area contributed by atoms with E-state index >= 15 is 0 Å². The molecule has 1 saturated heterocycles. The van der Waals surface area contributed by atoms with E-state index in [0.717, 1.165) is 17.9 Å². The number of likely N-dealkylation sites (N-methyl/N-ethyl adjacent to an activating group) is 1. The van der Waals surface area contributed by atoms with Crippen molar-refractivity contribution in [3.63, 3.8) is 0 Å². The zero-order chi connectivity index (χ0) is 13.0. The van der Waals surface area contributed by atoms with E-state index in [1.807, 2.05) is 6.92 Å². The van der Waals surface area contributed by atoms with Crippen molar-refractivity contribution < 1.29 is 4.74 Å². The molecule has 0 saturated carbocycles. The molecule has 0 amide bonds. The van der Waals surface area contributed by atoms with Gasteiger partial charge in [-0.25, -0.2) is 9.97 Å². The Bertz CT molecular complexity index is 397. The minimum Gasteiger partial charge on any atom is -0.481 e. The maximum absolute atomic E-state index is 5.20. The summed E-state index contributed by atoms with van der Waals surface area (Å²) >= 11 is 0. The fourth-order valence-corrected chi connectivity index (χ4v) is 2.43. The summed E-state index contributed by atoms with van der Waals surface area (Å²) < 4.78 is 5.20. The lowest BCUT2D eigenvalue weighted by atomic mass is 10.0. The van der Waals surface area contributed by atoms with Crippen LogP contribution in [0.2, 0.25) is 0 Å². The van der Waals surface area contributed by atoms with Crippen LogP contribution in [-0.4, -0.2) is 48.2 Å². The van der Waals surface area contributed by atoms with Crippen molar-refractivity contribution >= 4 is 5.82 Å². The van der Waals surface area contributed by atoms with E-state index in [4.69, 9.17) is 4.74 Å². The van der Waals surface area contributed by atoms with Crippen LogP contribution in [0, 0.1) is 6.92 Å². The summed E-state index contributed by atoms with van der Waals surface area (Å²) in [6.45, 7) is 4.10. The van der Waals surface area contributed by atoms with E-state index in [-0.39, 0.29) is 0 Å². The summed E-state index contributed by atoms with van der Waals surface area (Å²) in [4.78, 5) is 10.8. The van der Waals surface area contributed by atoms with Gasteiger partial charge in [-0.1, -0.05) is 6.42 Å². The highest BCUT2D eigenvalue weighted by Gasteiger charge is 2.19. The van der Waals surface area contributed by atoms with E-state index in [1.54, 1.807) is 13.4 Å². The summed E-state index contributed by atoms with van der Waals surface area (Å²) in [5.41, 5.74) is 0.971. The molecule has 1 aliphatic heterocycles. The Morgan fingerprint density at radius 3 is 3.00 bits per heavy atom. The van der Waals surface area contributed by atoms with Gasteiger partial charge < -0.3 is 15.0 Å². The number of aromatic nitrogens is 2. The molecule has 1 aliphatic rings. The molecule has 0 bridgehead atoms. The highest BCUT2D eigenvalue weighted by atomic mass is 16.5. The van der Waals surface area contributed by atoms with Gasteiger partial charge in [0.15, 0.2) is 0 Å². The van der Waals surface area contributed by atoms with Gasteiger partial charge in [0.2, 0.25) is 5.88 Å². The number of rotatable bonds is 4. The molecule has 2 heterocycles. The highest BCUT2D eigenvalue weighted by Crippen LogP contribution is 2.21. The topological polar surface area (TPSA) is 50.3 Å². The number of anilines is 1. The molecule has 1 N–H and O–H groups in total. The van der Waals surface area contributed by atoms with E-state index in [2.05, 4.69) is 27.2 Å². The Kier molecular flexibility index (Phi) is 4.36. The van der Waals surface area contributed by atoms with Crippen molar-refractivity contribution in [3.05, 3.63) is 11.9 Å². The molecule has 1 atom stereocenters. The molecule has 1 fully saturated rings. The summed E-state index contributed by atoms with van der Waals surface area (Å²) in [7, 11) is 3.83. The minimum absolute atomic E-state index is 0.596. The maximum atomic E-state index is 5.20. The molecule has 0 spiro atoms. The van der Waals surface area contributed by atoms with Crippen molar-refractivity contribution in [3.8, 4) is 5.88 Å². The lowest BCUT2D eigenvalue weighted by Crippen LogP contribution is -2.40. The lowest BCUT2D eigenvalue weighted by Gasteiger charge is -2.32. The summed E-state index contributed by atoms with van der Waals surface area (Å²) in [5.74, 6) is 1.52. The second-order valence-corrected chi connectivity index (χ2v) is 4.87. The normalized spacial score (nSPS) is 20.7. The van der Waals surface area contributed by atoms with Gasteiger partial charge in [0.25, 0.3) is 0 Å². The first-order valence-corrected chi connectivity index (χ1v) is 6.52. The fraction of sp³-hybridized carbons (Fsp3) is 0.692. The van der Waals surface area contributed by atoms with Crippen LogP contribution in [0.5, 0.6) is 5.88 Å². The summed E-state index contributed by atoms with van der Waals surface area (Å²) in [6.07, 6.45) is 5.43. The number of likely N-dealkylation sites (tertiary alicyclic amines) is 1. The van der Waals surface area contributed by atoms with Crippen molar-refractivity contribution in [2.24, 2.45) is 0 Å². The molecule has 5 heteroatoms. The molecular formula is C13H22N4O. The quantitative estimate of drug-likeness (QED) is 0.881. The number of piperidine rings is 1. The van der Waals surface area contributed by atoms with Gasteiger partial charge in [0.05, 0.1) is 12.7 Å². The number of hydrogen-bond acceptors (Lipinski definition) is 5. The number of ether oxygens (including phenoxy) is 1. The van der Waals surface area contributed by atoms with Gasteiger partial charge in [-0.3, -0.25) is 0 Å². The number of nitrogens with one attached hydrogen (secondary N) is 1. The molecule has 18 heavy (non-hydrogen) atoms. The molecular weight excluding hydrogens is 228 g/mol. The predicted molar refractivity (Wildman–Crippen MR) is 72.1 cm³/mol. The van der Waals surface area contributed by atoms with Crippen molar-refractivity contribution in [1.82, 2.24) is 14.9 Å². The Labute approximate surface area is 109 Å². The van der Waals surface area contributed by atoms with Crippen LogP contribution >= 0.6 is 0 Å². The van der Waals surface area contributed by atoms with Gasteiger partial charge in [0.1, 0.15) is 12.1 Å². The zero-order valence-corrected chi connectivity index (χ0v) is 11.4. The smallest absolute Gasteiger partial charge is 0.221 e. The first-order chi connectivity index (χ1) is 8.72. The largest absolute Gasteiger partial charge is 0.481 e. The van der Waals surface area contributed by atoms with Gasteiger partial charge >= 0.3 is 0 Å². The Hall–Kier alpha value is -1.36. The molecule has 1 aromatic rings. The van der Waals surface area contributed by atoms with Crippen molar-refractivity contribution in [2.45, 2.75) is 32.2 Å². The second-order valence-electron chi connectivity index (χ2n) is 4.87. The van der Waals surface area contributed by atoms with Crippen LogP contribution in [-0.2, 0) is 0 Å². The Morgan fingerprint density at radius 1 is 1.44 bits per heavy atom. The Balaban J connectivity index is 1.97. The van der Waals surface area contributed by atoms with E-state index < -0.39 is 0 Å². The van der Waals surface area contributed by atoms with Gasteiger partial charge in [-0.2, -0.15) is 0 Å². The average molecular weight is 250 g/mol. The predicted octanol–water partition coefficient (Wildman–Crippen LogP) is 1.69. The third-order valence-corrected chi connectivity index (χ3v) is 3.66. The highest BCUT2D eigenvalue weighted by molar-refractivity contribution is 5.47. The van der Waals surface area contributed by atoms with Crippen LogP contribution in [0.25, 0.3) is 0 Å². The molecule has 1 aromatic heterocycles. The molecule has 100 valence electrons. The fourth-order valence-electron chi connectivity index (χ4n) is 2.43. The number of hydrogen-bond donors (Lipinski definition) is 1. The number of nitrogens with zero attached hydrogens (tertiary/aromatic N) is 3. The second kappa shape index (κ2) is 6.00. The summed E-state index contributed by atoms with van der Waals surface area (Å²) in [6, 6.07) is 0.596. The van der Waals surface area contributed by atoms with Crippen LogP contribution in [0.1, 0.15) is 24.8 Å². The van der Waals surface area contributed by atoms with Crippen LogP contribution < -0.4 is 10.1 Å². The van der Waals surface area contributed by atoms with E-state index in [9.17, 15) is 0 Å². The Morgan fingerprint density at radius 2 is 2.28 bits per heavy atom. The molecule has 5 nitrogen and oxygen atoms in total. The lowest BCUT2D eigenvalue weighted by molar-refractivity contribution is 0.194. The molecule has 0 radical (unpaired) electrons. The van der Waals surface area contributed by atoms with E-state index in [1.165, 1.54) is 25.8 Å². The van der Waals surface area contributed by atoms with Crippen molar-refractivity contribution in [1.29, 1.82) is 0 Å². The van der Waals surface area contributed by atoms with Crippen LogP contribution in [0.3, 0.4) is 0 Å². The monoisotopic (exact) mass is 250 g/mol. The standard InChI is InChI=1S/C13H22N4O/c1-10-12(15-9-16-13(10)18-3)14-8-11-6-4-5-7-17(11)2/h9,11H,4-8H2,1-3H3,(H,14,15,16). The first kappa shape index (κ1) is 13.1. The third kappa shape index (κ3) is 2.90. The molecule has 1 unspecified atom stereocenters.